The van der Waals surface area contributed by atoms with E-state index in [1.54, 1.807) is 6.20 Å². The van der Waals surface area contributed by atoms with Gasteiger partial charge in [-0.25, -0.2) is 4.39 Å². The molecule has 4 heteroatoms. The normalized spacial score (nSPS) is 12.4. The minimum Gasteiger partial charge on any atom is -0.305 e. The number of pyridine rings is 2. The molecule has 0 spiro atoms. The molecule has 0 aromatic carbocycles. The molecule has 0 bridgehead atoms. The van der Waals surface area contributed by atoms with Gasteiger partial charge < -0.3 is 5.32 Å². The van der Waals surface area contributed by atoms with Crippen molar-refractivity contribution >= 4 is 0 Å². The van der Waals surface area contributed by atoms with Crippen molar-refractivity contribution in [1.82, 2.24) is 15.3 Å². The van der Waals surface area contributed by atoms with E-state index in [1.807, 2.05) is 32.0 Å². The molecule has 2 rings (SSSR count). The number of rotatable bonds is 4. The van der Waals surface area contributed by atoms with Gasteiger partial charge in [0.25, 0.3) is 0 Å². The first-order valence-corrected chi connectivity index (χ1v) is 5.98. The van der Waals surface area contributed by atoms with Crippen molar-refractivity contribution in [3.63, 3.8) is 0 Å². The standard InChI is InChI=1S/C14H16FN3/c1-3-17-14(11-7-12(15)9-16-8-11)13-6-4-5-10(2)18-13/h4-9,14,17H,3H2,1-2H3. The van der Waals surface area contributed by atoms with Crippen LogP contribution in [0.3, 0.4) is 0 Å². The molecule has 18 heavy (non-hydrogen) atoms. The van der Waals surface area contributed by atoms with Gasteiger partial charge in [0.2, 0.25) is 0 Å². The first kappa shape index (κ1) is 12.6. The second-order valence-corrected chi connectivity index (χ2v) is 4.13. The van der Waals surface area contributed by atoms with Crippen LogP contribution in [0.4, 0.5) is 4.39 Å². The van der Waals surface area contributed by atoms with Crippen molar-refractivity contribution in [2.75, 3.05) is 6.54 Å². The van der Waals surface area contributed by atoms with E-state index in [0.29, 0.717) is 0 Å². The fourth-order valence-corrected chi connectivity index (χ4v) is 1.91. The van der Waals surface area contributed by atoms with Gasteiger partial charge in [-0.1, -0.05) is 13.0 Å². The molecule has 94 valence electrons. The highest BCUT2D eigenvalue weighted by atomic mass is 19.1. The zero-order valence-electron chi connectivity index (χ0n) is 10.5. The monoisotopic (exact) mass is 245 g/mol. The fourth-order valence-electron chi connectivity index (χ4n) is 1.91. The van der Waals surface area contributed by atoms with Gasteiger partial charge in [-0.3, -0.25) is 9.97 Å². The van der Waals surface area contributed by atoms with E-state index in [1.165, 1.54) is 12.3 Å². The molecule has 0 fully saturated rings. The lowest BCUT2D eigenvalue weighted by atomic mass is 10.0. The Morgan fingerprint density at radius 2 is 2.17 bits per heavy atom. The Balaban J connectivity index is 2.39. The number of nitrogens with one attached hydrogen (secondary N) is 1. The minimum absolute atomic E-state index is 0.127. The largest absolute Gasteiger partial charge is 0.305 e. The van der Waals surface area contributed by atoms with Gasteiger partial charge in [-0.2, -0.15) is 0 Å². The summed E-state index contributed by atoms with van der Waals surface area (Å²) in [5.74, 6) is -0.331. The Kier molecular flexibility index (Phi) is 3.99. The van der Waals surface area contributed by atoms with Crippen LogP contribution in [-0.2, 0) is 0 Å². The molecule has 0 aliphatic carbocycles. The number of halogens is 1. The summed E-state index contributed by atoms with van der Waals surface area (Å²) in [5, 5.41) is 3.30. The van der Waals surface area contributed by atoms with Crippen LogP contribution in [0.5, 0.6) is 0 Å². The lowest BCUT2D eigenvalue weighted by Gasteiger charge is -2.17. The Morgan fingerprint density at radius 1 is 1.33 bits per heavy atom. The van der Waals surface area contributed by atoms with E-state index < -0.39 is 0 Å². The smallest absolute Gasteiger partial charge is 0.141 e. The molecule has 3 nitrogen and oxygen atoms in total. The Hall–Kier alpha value is -1.81. The summed E-state index contributed by atoms with van der Waals surface area (Å²) in [6, 6.07) is 7.19. The maximum Gasteiger partial charge on any atom is 0.141 e. The summed E-state index contributed by atoms with van der Waals surface area (Å²) in [4.78, 5) is 8.38. The Bertz CT molecular complexity index is 482. The SMILES string of the molecule is CCNC(c1cncc(F)c1)c1cccc(C)n1. The number of hydrogen-bond acceptors (Lipinski definition) is 3. The highest BCUT2D eigenvalue weighted by molar-refractivity contribution is 5.26. The predicted molar refractivity (Wildman–Crippen MR) is 68.7 cm³/mol. The molecule has 0 saturated carbocycles. The maximum absolute atomic E-state index is 13.3. The van der Waals surface area contributed by atoms with Crippen molar-refractivity contribution in [3.05, 3.63) is 59.4 Å². The molecule has 0 amide bonds. The molecular formula is C14H16FN3. The average molecular weight is 245 g/mol. The third-order valence-electron chi connectivity index (χ3n) is 2.67. The first-order valence-electron chi connectivity index (χ1n) is 5.98. The van der Waals surface area contributed by atoms with Crippen molar-refractivity contribution in [1.29, 1.82) is 0 Å². The number of aryl methyl sites for hydroxylation is 1. The third-order valence-corrected chi connectivity index (χ3v) is 2.67. The van der Waals surface area contributed by atoms with Gasteiger partial charge in [0.1, 0.15) is 5.82 Å². The van der Waals surface area contributed by atoms with Crippen LogP contribution in [-0.4, -0.2) is 16.5 Å². The number of aromatic nitrogens is 2. The van der Waals surface area contributed by atoms with E-state index in [4.69, 9.17) is 0 Å². The maximum atomic E-state index is 13.3. The summed E-state index contributed by atoms with van der Waals surface area (Å²) in [6.07, 6.45) is 2.87. The molecular weight excluding hydrogens is 229 g/mol. The van der Waals surface area contributed by atoms with Crippen LogP contribution in [0.25, 0.3) is 0 Å². The Labute approximate surface area is 106 Å². The van der Waals surface area contributed by atoms with E-state index in [-0.39, 0.29) is 11.9 Å². The molecule has 1 N–H and O–H groups in total. The first-order chi connectivity index (χ1) is 8.70. The quantitative estimate of drug-likeness (QED) is 0.899. The molecule has 0 aliphatic heterocycles. The summed E-state index contributed by atoms with van der Waals surface area (Å²) >= 11 is 0. The van der Waals surface area contributed by atoms with Crippen LogP contribution < -0.4 is 5.32 Å². The average Bonchev–Trinajstić information content (AvgIpc) is 2.36. The van der Waals surface area contributed by atoms with Crippen LogP contribution in [0.1, 0.15) is 29.9 Å². The van der Waals surface area contributed by atoms with Crippen molar-refractivity contribution in [2.45, 2.75) is 19.9 Å². The zero-order valence-corrected chi connectivity index (χ0v) is 10.5. The van der Waals surface area contributed by atoms with Gasteiger partial charge in [-0.15, -0.1) is 0 Å². The van der Waals surface area contributed by atoms with Crippen molar-refractivity contribution in [2.24, 2.45) is 0 Å². The third kappa shape index (κ3) is 2.90. The topological polar surface area (TPSA) is 37.8 Å². The van der Waals surface area contributed by atoms with Crippen molar-refractivity contribution in [3.8, 4) is 0 Å². The molecule has 2 aromatic heterocycles. The molecule has 1 atom stereocenters. The zero-order chi connectivity index (χ0) is 13.0. The van der Waals surface area contributed by atoms with E-state index in [2.05, 4.69) is 15.3 Å². The lowest BCUT2D eigenvalue weighted by molar-refractivity contribution is 0.588. The van der Waals surface area contributed by atoms with Crippen molar-refractivity contribution < 1.29 is 4.39 Å². The van der Waals surface area contributed by atoms with Crippen LogP contribution >= 0.6 is 0 Å². The molecule has 2 heterocycles. The van der Waals surface area contributed by atoms with Crippen LogP contribution in [0.15, 0.2) is 36.7 Å². The van der Waals surface area contributed by atoms with Crippen LogP contribution in [0.2, 0.25) is 0 Å². The molecule has 2 aromatic rings. The highest BCUT2D eigenvalue weighted by Gasteiger charge is 2.15. The highest BCUT2D eigenvalue weighted by Crippen LogP contribution is 2.20. The summed E-state index contributed by atoms with van der Waals surface area (Å²) in [7, 11) is 0. The summed E-state index contributed by atoms with van der Waals surface area (Å²) in [6.45, 7) is 4.72. The van der Waals surface area contributed by atoms with Gasteiger partial charge in [0, 0.05) is 11.9 Å². The summed E-state index contributed by atoms with van der Waals surface area (Å²) in [5.41, 5.74) is 2.61. The van der Waals surface area contributed by atoms with Gasteiger partial charge >= 0.3 is 0 Å². The minimum atomic E-state index is -0.331. The molecule has 0 radical (unpaired) electrons. The lowest BCUT2D eigenvalue weighted by Crippen LogP contribution is -2.23. The predicted octanol–water partition coefficient (Wildman–Crippen LogP) is 2.62. The second-order valence-electron chi connectivity index (χ2n) is 4.13. The molecule has 0 saturated heterocycles. The van der Waals surface area contributed by atoms with E-state index in [0.717, 1.165) is 23.5 Å². The van der Waals surface area contributed by atoms with E-state index in [9.17, 15) is 4.39 Å². The van der Waals surface area contributed by atoms with Crippen LogP contribution in [0, 0.1) is 12.7 Å². The second kappa shape index (κ2) is 5.69. The molecule has 0 aliphatic rings. The van der Waals surface area contributed by atoms with Gasteiger partial charge in [0.05, 0.1) is 17.9 Å². The van der Waals surface area contributed by atoms with E-state index >= 15 is 0 Å². The van der Waals surface area contributed by atoms with Gasteiger partial charge in [-0.05, 0) is 37.2 Å². The fraction of sp³-hybridized carbons (Fsp3) is 0.286. The number of hydrogen-bond donors (Lipinski definition) is 1. The van der Waals surface area contributed by atoms with Gasteiger partial charge in [0.15, 0.2) is 0 Å². The molecule has 1 unspecified atom stereocenters. The summed E-state index contributed by atoms with van der Waals surface area (Å²) < 4.78 is 13.3. The Morgan fingerprint density at radius 3 is 2.83 bits per heavy atom. The number of nitrogens with zero attached hydrogens (tertiary/aromatic N) is 2.